The van der Waals surface area contributed by atoms with Gasteiger partial charge in [-0.1, -0.05) is 6.92 Å². The molecule has 0 saturated heterocycles. The summed E-state index contributed by atoms with van der Waals surface area (Å²) in [6.07, 6.45) is 0.473. The molecule has 3 nitrogen and oxygen atoms in total. The van der Waals surface area contributed by atoms with Gasteiger partial charge in [0, 0.05) is 6.54 Å². The van der Waals surface area contributed by atoms with Gasteiger partial charge >= 0.3 is 18.9 Å². The van der Waals surface area contributed by atoms with Gasteiger partial charge in [0.15, 0.2) is 0 Å². The van der Waals surface area contributed by atoms with Crippen LogP contribution in [0.4, 0.5) is 0 Å². The summed E-state index contributed by atoms with van der Waals surface area (Å²) in [4.78, 5) is 0. The van der Waals surface area contributed by atoms with Crippen molar-refractivity contribution in [1.29, 1.82) is 0 Å². The Kier molecular flexibility index (Phi) is 20.7. The standard InChI is InChI=1S/C4H11NO.Li.H2O.H/c1-2-4(6)3-5;;;/h4,6H,2-3,5H2,1H3;;1H2;/q;+1;;-1. The fourth-order valence-electron chi connectivity index (χ4n) is 0.167. The maximum atomic E-state index is 8.54. The number of nitrogens with two attached hydrogens (primary N) is 1. The Morgan fingerprint density at radius 1 is 1.75 bits per heavy atom. The first-order chi connectivity index (χ1) is 2.81. The van der Waals surface area contributed by atoms with Crippen molar-refractivity contribution in [2.24, 2.45) is 5.73 Å². The predicted molar refractivity (Wildman–Crippen MR) is 30.1 cm³/mol. The Hall–Kier alpha value is 0.477. The van der Waals surface area contributed by atoms with Gasteiger partial charge in [-0.05, 0) is 6.42 Å². The van der Waals surface area contributed by atoms with Gasteiger partial charge < -0.3 is 17.7 Å². The van der Waals surface area contributed by atoms with Gasteiger partial charge in [-0.3, -0.25) is 0 Å². The topological polar surface area (TPSA) is 77.8 Å². The molecule has 1 atom stereocenters. The van der Waals surface area contributed by atoms with Crippen LogP contribution in [-0.2, 0) is 0 Å². The van der Waals surface area contributed by atoms with E-state index in [0.29, 0.717) is 6.54 Å². The minimum absolute atomic E-state index is 0. The van der Waals surface area contributed by atoms with E-state index in [9.17, 15) is 0 Å². The third-order valence-corrected chi connectivity index (χ3v) is 0.743. The summed E-state index contributed by atoms with van der Waals surface area (Å²) in [5.41, 5.74) is 5.03. The molecule has 0 aliphatic heterocycles. The monoisotopic (exact) mass is 115 g/mol. The quantitative estimate of drug-likeness (QED) is 0.360. The summed E-state index contributed by atoms with van der Waals surface area (Å²) < 4.78 is 0. The Labute approximate surface area is 63.2 Å². The van der Waals surface area contributed by atoms with Crippen molar-refractivity contribution in [1.82, 2.24) is 0 Å². The summed E-state index contributed by atoms with van der Waals surface area (Å²) in [7, 11) is 0. The van der Waals surface area contributed by atoms with E-state index >= 15 is 0 Å². The third-order valence-electron chi connectivity index (χ3n) is 0.743. The summed E-state index contributed by atoms with van der Waals surface area (Å²) in [5.74, 6) is 0. The molecule has 0 aliphatic rings. The normalized spacial score (nSPS) is 10.9. The average molecular weight is 115 g/mol. The molecule has 0 aliphatic carbocycles. The van der Waals surface area contributed by atoms with E-state index in [0.717, 1.165) is 6.42 Å². The van der Waals surface area contributed by atoms with Crippen molar-refractivity contribution < 1.29 is 30.9 Å². The summed E-state index contributed by atoms with van der Waals surface area (Å²) >= 11 is 0. The van der Waals surface area contributed by atoms with Crippen LogP contribution in [0.1, 0.15) is 14.8 Å². The fraction of sp³-hybridized carbons (Fsp3) is 1.00. The first-order valence-electron chi connectivity index (χ1n) is 2.19. The molecule has 0 bridgehead atoms. The molecular weight excluding hydrogens is 101 g/mol. The maximum Gasteiger partial charge on any atom is 1.00 e. The molecule has 1 unspecified atom stereocenters. The van der Waals surface area contributed by atoms with Crippen LogP contribution in [0.2, 0.25) is 0 Å². The molecule has 0 aromatic rings. The second kappa shape index (κ2) is 10.5. The maximum absolute atomic E-state index is 8.54. The molecule has 0 saturated carbocycles. The van der Waals surface area contributed by atoms with Crippen LogP contribution < -0.4 is 24.6 Å². The Bertz CT molecular complexity index is 37.7. The van der Waals surface area contributed by atoms with Crippen molar-refractivity contribution in [2.75, 3.05) is 6.54 Å². The van der Waals surface area contributed by atoms with E-state index in [1.807, 2.05) is 6.92 Å². The molecule has 48 valence electrons. The largest absolute Gasteiger partial charge is 1.00 e. The molecule has 0 rings (SSSR count). The minimum Gasteiger partial charge on any atom is -1.00 e. The van der Waals surface area contributed by atoms with Crippen LogP contribution in [0.15, 0.2) is 0 Å². The molecule has 0 radical (unpaired) electrons. The van der Waals surface area contributed by atoms with E-state index in [1.165, 1.54) is 0 Å². The number of aliphatic hydroxyl groups is 1. The molecule has 0 amide bonds. The van der Waals surface area contributed by atoms with E-state index in [1.54, 1.807) is 0 Å². The van der Waals surface area contributed by atoms with Crippen molar-refractivity contribution >= 4 is 0 Å². The van der Waals surface area contributed by atoms with E-state index in [2.05, 4.69) is 0 Å². The molecule has 5 N–H and O–H groups in total. The van der Waals surface area contributed by atoms with Crippen LogP contribution in [0.25, 0.3) is 0 Å². The van der Waals surface area contributed by atoms with Gasteiger partial charge in [-0.2, -0.15) is 0 Å². The molecule has 0 aromatic heterocycles. The smallest absolute Gasteiger partial charge is 1.00 e. The van der Waals surface area contributed by atoms with Gasteiger partial charge in [-0.15, -0.1) is 0 Å². The zero-order valence-corrected chi connectivity index (χ0v) is 5.52. The van der Waals surface area contributed by atoms with Crippen molar-refractivity contribution in [3.8, 4) is 0 Å². The Morgan fingerprint density at radius 2 is 2.12 bits per heavy atom. The van der Waals surface area contributed by atoms with Crippen LogP contribution >= 0.6 is 0 Å². The Morgan fingerprint density at radius 3 is 2.12 bits per heavy atom. The van der Waals surface area contributed by atoms with E-state index < -0.39 is 0 Å². The zero-order valence-electron chi connectivity index (χ0n) is 6.52. The van der Waals surface area contributed by atoms with Crippen molar-refractivity contribution in [3.63, 3.8) is 0 Å². The average Bonchev–Trinajstić information content (AvgIpc) is 1.65. The second-order valence-electron chi connectivity index (χ2n) is 1.30. The van der Waals surface area contributed by atoms with Crippen LogP contribution in [-0.4, -0.2) is 23.2 Å². The molecule has 0 heterocycles. The van der Waals surface area contributed by atoms with Gasteiger partial charge in [-0.25, -0.2) is 0 Å². The van der Waals surface area contributed by atoms with Crippen molar-refractivity contribution in [2.45, 2.75) is 19.4 Å². The zero-order chi connectivity index (χ0) is 4.99. The van der Waals surface area contributed by atoms with E-state index in [4.69, 9.17) is 10.8 Å². The molecule has 0 fully saturated rings. The number of rotatable bonds is 2. The molecule has 0 aromatic carbocycles. The first kappa shape index (κ1) is 15.8. The number of hydrogen-bond acceptors (Lipinski definition) is 2. The first-order valence-corrected chi connectivity index (χ1v) is 2.19. The van der Waals surface area contributed by atoms with Crippen LogP contribution in [0.3, 0.4) is 0 Å². The second-order valence-corrected chi connectivity index (χ2v) is 1.30. The predicted octanol–water partition coefficient (Wildman–Crippen LogP) is -3.99. The Balaban J connectivity index is -0.0000000417. The van der Waals surface area contributed by atoms with Gasteiger partial charge in [0.1, 0.15) is 0 Å². The molecule has 4 heteroatoms. The summed E-state index contributed by atoms with van der Waals surface area (Å²) in [6, 6.07) is 0. The van der Waals surface area contributed by atoms with Gasteiger partial charge in [0.2, 0.25) is 0 Å². The van der Waals surface area contributed by atoms with Crippen molar-refractivity contribution in [3.05, 3.63) is 0 Å². The number of hydrogen-bond donors (Lipinski definition) is 2. The molecule has 0 spiro atoms. The van der Waals surface area contributed by atoms with E-state index in [-0.39, 0.29) is 31.9 Å². The molecule has 8 heavy (non-hydrogen) atoms. The SMILES string of the molecule is CCC(O)CN.O.[H-].[Li+]. The molecular formula is C4H14LiNO2. The summed E-state index contributed by atoms with van der Waals surface area (Å²) in [6.45, 7) is 2.29. The fourth-order valence-corrected chi connectivity index (χ4v) is 0.167. The minimum atomic E-state index is -0.287. The van der Waals surface area contributed by atoms with Crippen LogP contribution in [0.5, 0.6) is 0 Å². The van der Waals surface area contributed by atoms with Gasteiger partial charge in [0.05, 0.1) is 6.10 Å². The van der Waals surface area contributed by atoms with Crippen LogP contribution in [0, 0.1) is 0 Å². The third kappa shape index (κ3) is 9.69. The summed E-state index contributed by atoms with van der Waals surface area (Å²) in [5, 5.41) is 8.54. The van der Waals surface area contributed by atoms with Gasteiger partial charge in [0.25, 0.3) is 0 Å². The number of aliphatic hydroxyl groups excluding tert-OH is 1.